The molecule has 0 aromatic rings. The highest BCUT2D eigenvalue weighted by molar-refractivity contribution is 5.87. The fraction of sp³-hybridized carbons (Fsp3) is 0.688. The zero-order valence-electron chi connectivity index (χ0n) is 12.5. The molecule has 0 bridgehead atoms. The van der Waals surface area contributed by atoms with E-state index in [2.05, 4.69) is 19.9 Å². The first-order chi connectivity index (χ1) is 9.30. The van der Waals surface area contributed by atoms with Crippen molar-refractivity contribution >= 4 is 5.97 Å². The standard InChI is InChI=1S/C16H22O4/c1-9-5-10-8-16(19-4)13(7-14(18)20-16)15(2,3)11(10)6-12(9)17/h5,7,10-12,17H,6,8H2,1-4H3/t10-,11-,12+,16+/m1/s1. The van der Waals surface area contributed by atoms with Crippen LogP contribution >= 0.6 is 0 Å². The van der Waals surface area contributed by atoms with Gasteiger partial charge in [0.1, 0.15) is 0 Å². The normalized spacial score (nSPS) is 42.2. The summed E-state index contributed by atoms with van der Waals surface area (Å²) in [5.41, 5.74) is 1.69. The van der Waals surface area contributed by atoms with E-state index in [0.29, 0.717) is 12.3 Å². The molecule has 4 heteroatoms. The third kappa shape index (κ3) is 1.71. The molecule has 1 heterocycles. The Bertz CT molecular complexity index is 517. The largest absolute Gasteiger partial charge is 0.426 e. The van der Waals surface area contributed by atoms with Crippen LogP contribution < -0.4 is 0 Å². The second-order valence-electron chi connectivity index (χ2n) is 6.79. The van der Waals surface area contributed by atoms with Gasteiger partial charge in [0.15, 0.2) is 0 Å². The Hall–Kier alpha value is -1.13. The van der Waals surface area contributed by atoms with Crippen molar-refractivity contribution < 1.29 is 19.4 Å². The first kappa shape index (κ1) is 13.8. The summed E-state index contributed by atoms with van der Waals surface area (Å²) < 4.78 is 11.1. The van der Waals surface area contributed by atoms with Gasteiger partial charge >= 0.3 is 5.97 Å². The Morgan fingerprint density at radius 1 is 1.45 bits per heavy atom. The van der Waals surface area contributed by atoms with E-state index in [1.807, 2.05) is 6.92 Å². The molecule has 1 N–H and O–H groups in total. The minimum atomic E-state index is -0.916. The van der Waals surface area contributed by atoms with Crippen molar-refractivity contribution in [2.75, 3.05) is 7.11 Å². The Kier molecular flexibility index (Phi) is 2.89. The van der Waals surface area contributed by atoms with Crippen LogP contribution in [0.2, 0.25) is 0 Å². The van der Waals surface area contributed by atoms with Gasteiger partial charge in [-0.05, 0) is 36.2 Å². The highest BCUT2D eigenvalue weighted by Crippen LogP contribution is 2.58. The minimum Gasteiger partial charge on any atom is -0.426 e. The van der Waals surface area contributed by atoms with Gasteiger partial charge in [0.2, 0.25) is 5.79 Å². The van der Waals surface area contributed by atoms with Gasteiger partial charge < -0.3 is 14.6 Å². The first-order valence-corrected chi connectivity index (χ1v) is 7.17. The van der Waals surface area contributed by atoms with Gasteiger partial charge in [-0.3, -0.25) is 0 Å². The lowest BCUT2D eigenvalue weighted by Crippen LogP contribution is -2.52. The highest BCUT2D eigenvalue weighted by Gasteiger charge is 2.59. The fourth-order valence-corrected chi connectivity index (χ4v) is 4.25. The third-order valence-electron chi connectivity index (χ3n) is 5.39. The molecule has 4 nitrogen and oxygen atoms in total. The van der Waals surface area contributed by atoms with Gasteiger partial charge in [0.05, 0.1) is 6.10 Å². The Morgan fingerprint density at radius 3 is 2.80 bits per heavy atom. The quantitative estimate of drug-likeness (QED) is 0.590. The molecule has 1 saturated carbocycles. The van der Waals surface area contributed by atoms with Crippen LogP contribution in [-0.2, 0) is 14.3 Å². The van der Waals surface area contributed by atoms with E-state index in [1.165, 1.54) is 0 Å². The predicted molar refractivity (Wildman–Crippen MR) is 73.7 cm³/mol. The summed E-state index contributed by atoms with van der Waals surface area (Å²) in [5.74, 6) is -0.683. The van der Waals surface area contributed by atoms with Crippen LogP contribution in [0.15, 0.2) is 23.3 Å². The van der Waals surface area contributed by atoms with E-state index >= 15 is 0 Å². The van der Waals surface area contributed by atoms with E-state index in [9.17, 15) is 9.90 Å². The molecule has 1 fully saturated rings. The van der Waals surface area contributed by atoms with Crippen LogP contribution in [0.3, 0.4) is 0 Å². The molecule has 20 heavy (non-hydrogen) atoms. The van der Waals surface area contributed by atoms with Gasteiger partial charge in [0.25, 0.3) is 0 Å². The summed E-state index contributed by atoms with van der Waals surface area (Å²) in [6.45, 7) is 6.19. The molecule has 0 radical (unpaired) electrons. The smallest absolute Gasteiger partial charge is 0.333 e. The van der Waals surface area contributed by atoms with Crippen LogP contribution in [0.25, 0.3) is 0 Å². The first-order valence-electron chi connectivity index (χ1n) is 7.17. The lowest BCUT2D eigenvalue weighted by Gasteiger charge is -2.52. The molecule has 3 aliphatic rings. The van der Waals surface area contributed by atoms with Crippen molar-refractivity contribution in [1.29, 1.82) is 0 Å². The fourth-order valence-electron chi connectivity index (χ4n) is 4.25. The monoisotopic (exact) mass is 278 g/mol. The van der Waals surface area contributed by atoms with Gasteiger partial charge in [-0.1, -0.05) is 19.9 Å². The summed E-state index contributed by atoms with van der Waals surface area (Å²) >= 11 is 0. The zero-order chi connectivity index (χ0) is 14.7. The molecule has 4 atom stereocenters. The number of carbonyl (C=O) groups excluding carboxylic acids is 1. The van der Waals surface area contributed by atoms with Gasteiger partial charge in [-0.25, -0.2) is 4.79 Å². The molecule has 1 aliphatic heterocycles. The number of rotatable bonds is 1. The number of carbonyl (C=O) groups is 1. The van der Waals surface area contributed by atoms with Crippen LogP contribution in [-0.4, -0.2) is 30.1 Å². The van der Waals surface area contributed by atoms with Crippen molar-refractivity contribution in [3.8, 4) is 0 Å². The molecule has 3 rings (SSSR count). The van der Waals surface area contributed by atoms with E-state index < -0.39 is 5.79 Å². The summed E-state index contributed by atoms with van der Waals surface area (Å²) in [6, 6.07) is 0. The summed E-state index contributed by atoms with van der Waals surface area (Å²) in [6.07, 6.45) is 4.69. The molecule has 0 aromatic heterocycles. The Morgan fingerprint density at radius 2 is 2.15 bits per heavy atom. The lowest BCUT2D eigenvalue weighted by molar-refractivity contribution is -0.215. The van der Waals surface area contributed by atoms with Gasteiger partial charge in [0, 0.05) is 25.2 Å². The minimum absolute atomic E-state index is 0.233. The van der Waals surface area contributed by atoms with E-state index in [-0.39, 0.29) is 23.4 Å². The average molecular weight is 278 g/mol. The topological polar surface area (TPSA) is 55.8 Å². The molecule has 0 saturated heterocycles. The maximum atomic E-state index is 11.8. The van der Waals surface area contributed by atoms with Crippen LogP contribution in [0.5, 0.6) is 0 Å². The van der Waals surface area contributed by atoms with E-state index in [1.54, 1.807) is 13.2 Å². The van der Waals surface area contributed by atoms with Crippen molar-refractivity contribution in [2.24, 2.45) is 17.3 Å². The number of aliphatic hydroxyl groups excluding tert-OH is 1. The average Bonchev–Trinajstić information content (AvgIpc) is 2.71. The van der Waals surface area contributed by atoms with E-state index in [0.717, 1.165) is 17.6 Å². The van der Waals surface area contributed by atoms with Crippen LogP contribution in [0.4, 0.5) is 0 Å². The van der Waals surface area contributed by atoms with Gasteiger partial charge in [-0.15, -0.1) is 0 Å². The van der Waals surface area contributed by atoms with Crippen LogP contribution in [0, 0.1) is 17.3 Å². The maximum Gasteiger partial charge on any atom is 0.333 e. The van der Waals surface area contributed by atoms with Crippen molar-refractivity contribution in [2.45, 2.75) is 45.5 Å². The highest BCUT2D eigenvalue weighted by atomic mass is 16.7. The van der Waals surface area contributed by atoms with E-state index in [4.69, 9.17) is 9.47 Å². The zero-order valence-corrected chi connectivity index (χ0v) is 12.5. The molecule has 0 unspecified atom stereocenters. The molecule has 0 spiro atoms. The molecule has 0 amide bonds. The third-order valence-corrected chi connectivity index (χ3v) is 5.39. The Labute approximate surface area is 119 Å². The number of hydrogen-bond donors (Lipinski definition) is 1. The van der Waals surface area contributed by atoms with Crippen molar-refractivity contribution in [1.82, 2.24) is 0 Å². The number of aliphatic hydroxyl groups is 1. The Balaban J connectivity index is 2.09. The van der Waals surface area contributed by atoms with Crippen molar-refractivity contribution in [3.63, 3.8) is 0 Å². The lowest BCUT2D eigenvalue weighted by atomic mass is 9.55. The number of allylic oxidation sites excluding steroid dienone is 1. The molecule has 0 aromatic carbocycles. The summed E-state index contributed by atoms with van der Waals surface area (Å²) in [5, 5.41) is 10.1. The predicted octanol–water partition coefficient (Wildman–Crippen LogP) is 2.19. The molecular formula is C16H22O4. The van der Waals surface area contributed by atoms with Crippen LogP contribution in [0.1, 0.15) is 33.6 Å². The molecular weight excluding hydrogens is 256 g/mol. The summed E-state index contributed by atoms with van der Waals surface area (Å²) in [4.78, 5) is 11.8. The SMILES string of the molecule is CO[C@]12C[C@H]3C=C(C)[C@@H](O)C[C@H]3C(C)(C)C1=CC(=O)O2. The number of ether oxygens (including phenoxy) is 2. The number of fused-ring (bicyclic) bond motifs is 2. The molecule has 110 valence electrons. The van der Waals surface area contributed by atoms with Gasteiger partial charge in [-0.2, -0.15) is 0 Å². The summed E-state index contributed by atoms with van der Waals surface area (Å²) in [7, 11) is 1.59. The number of esters is 1. The maximum absolute atomic E-state index is 11.8. The second-order valence-corrected chi connectivity index (χ2v) is 6.79. The van der Waals surface area contributed by atoms with Crippen molar-refractivity contribution in [3.05, 3.63) is 23.3 Å². The molecule has 2 aliphatic carbocycles. The second kappa shape index (κ2) is 4.18. The number of hydrogen-bond acceptors (Lipinski definition) is 4. The number of methoxy groups -OCH3 is 1.